The summed E-state index contributed by atoms with van der Waals surface area (Å²) in [7, 11) is 0. The Labute approximate surface area is 231 Å². The van der Waals surface area contributed by atoms with Crippen LogP contribution in [0.2, 0.25) is 0 Å². The Bertz CT molecular complexity index is 621. The van der Waals surface area contributed by atoms with E-state index in [1.807, 2.05) is 0 Å². The predicted octanol–water partition coefficient (Wildman–Crippen LogP) is 7.77. The molecule has 4 heteroatoms. The van der Waals surface area contributed by atoms with Crippen molar-refractivity contribution >= 4 is 0 Å². The number of hydrogen-bond acceptors (Lipinski definition) is 4. The molecule has 2 saturated carbocycles. The molecule has 2 aliphatic carbocycles. The first-order chi connectivity index (χ1) is 17.7. The van der Waals surface area contributed by atoms with Crippen LogP contribution in [0.15, 0.2) is 0 Å². The van der Waals surface area contributed by atoms with Crippen molar-refractivity contribution in [3.05, 3.63) is 0 Å². The van der Waals surface area contributed by atoms with Crippen LogP contribution in [0.1, 0.15) is 165 Å². The minimum Gasteiger partial charge on any atom is -0.292 e. The summed E-state index contributed by atoms with van der Waals surface area (Å²) in [5, 5.41) is 17.1. The molecule has 216 valence electrons. The third-order valence-corrected chi connectivity index (χ3v) is 13.2. The molecule has 0 aromatic carbocycles. The van der Waals surface area contributed by atoms with Gasteiger partial charge in [-0.25, -0.2) is 0 Å². The van der Waals surface area contributed by atoms with E-state index in [0.717, 1.165) is 11.8 Å². The van der Waals surface area contributed by atoms with Crippen LogP contribution in [0.4, 0.5) is 0 Å². The van der Waals surface area contributed by atoms with Crippen molar-refractivity contribution in [3.8, 4) is 0 Å². The van der Waals surface area contributed by atoms with Crippen LogP contribution in [0.25, 0.3) is 0 Å². The molecule has 0 aromatic rings. The molecule has 4 fully saturated rings. The fraction of sp³-hybridized carbons (Fsp3) is 1.00. The van der Waals surface area contributed by atoms with Gasteiger partial charge in [-0.3, -0.25) is 21.3 Å². The summed E-state index contributed by atoms with van der Waals surface area (Å²) >= 11 is 0. The Morgan fingerprint density at radius 1 is 0.405 bits per heavy atom. The Kier molecular flexibility index (Phi) is 8.88. The van der Waals surface area contributed by atoms with E-state index < -0.39 is 0 Å². The van der Waals surface area contributed by atoms with Crippen molar-refractivity contribution in [2.45, 2.75) is 198 Å². The first-order valence-electron chi connectivity index (χ1n) is 16.8. The van der Waals surface area contributed by atoms with Gasteiger partial charge in [0.2, 0.25) is 0 Å². The molecular weight excluding hydrogens is 452 g/mol. The topological polar surface area (TPSA) is 48.1 Å². The zero-order chi connectivity index (χ0) is 27.0. The van der Waals surface area contributed by atoms with Crippen molar-refractivity contribution < 1.29 is 0 Å². The summed E-state index contributed by atoms with van der Waals surface area (Å²) in [6.45, 7) is 19.2. The molecule has 4 N–H and O–H groups in total. The van der Waals surface area contributed by atoms with Crippen LogP contribution < -0.4 is 21.3 Å². The lowest BCUT2D eigenvalue weighted by Crippen LogP contribution is -2.58. The number of nitrogens with one attached hydrogen (secondary N) is 4. The number of rotatable bonds is 10. The van der Waals surface area contributed by atoms with Gasteiger partial charge in [0.15, 0.2) is 0 Å². The Morgan fingerprint density at radius 2 is 0.622 bits per heavy atom. The maximum absolute atomic E-state index is 4.28. The average Bonchev–Trinajstić information content (AvgIpc) is 3.39. The zero-order valence-electron chi connectivity index (χ0n) is 26.2. The highest BCUT2D eigenvalue weighted by atomic mass is 15.4. The maximum atomic E-state index is 4.28. The van der Waals surface area contributed by atoms with Gasteiger partial charge in [0, 0.05) is 22.2 Å². The van der Waals surface area contributed by atoms with E-state index >= 15 is 0 Å². The smallest absolute Gasteiger partial charge is 0.0697 e. The van der Waals surface area contributed by atoms with Crippen molar-refractivity contribution in [3.63, 3.8) is 0 Å². The molecule has 2 saturated heterocycles. The molecule has 0 radical (unpaired) electrons. The second-order valence-electron chi connectivity index (χ2n) is 13.9. The molecule has 0 aromatic heterocycles. The third-order valence-electron chi connectivity index (χ3n) is 13.2. The normalized spacial score (nSPS) is 31.3. The summed E-state index contributed by atoms with van der Waals surface area (Å²) < 4.78 is 0. The van der Waals surface area contributed by atoms with Gasteiger partial charge in [0.05, 0.1) is 11.3 Å². The molecule has 0 bridgehead atoms. The fourth-order valence-electron chi connectivity index (χ4n) is 10.6. The first-order valence-corrected chi connectivity index (χ1v) is 16.8. The second kappa shape index (κ2) is 11.0. The molecule has 2 heterocycles. The fourth-order valence-corrected chi connectivity index (χ4v) is 10.6. The van der Waals surface area contributed by atoms with Crippen LogP contribution in [0.3, 0.4) is 0 Å². The summed E-state index contributed by atoms with van der Waals surface area (Å²) in [5.74, 6) is 1.84. The lowest BCUT2D eigenvalue weighted by Gasteiger charge is -2.44. The van der Waals surface area contributed by atoms with Gasteiger partial charge in [0.1, 0.15) is 0 Å². The maximum Gasteiger partial charge on any atom is 0.0697 e. The average molecular weight is 517 g/mol. The second-order valence-corrected chi connectivity index (χ2v) is 13.9. The van der Waals surface area contributed by atoms with Crippen molar-refractivity contribution in [1.29, 1.82) is 0 Å². The van der Waals surface area contributed by atoms with E-state index in [2.05, 4.69) is 76.7 Å². The van der Waals surface area contributed by atoms with E-state index in [9.17, 15) is 0 Å². The Balaban J connectivity index is 1.34. The van der Waals surface area contributed by atoms with Gasteiger partial charge in [0.25, 0.3) is 0 Å². The highest BCUT2D eigenvalue weighted by Crippen LogP contribution is 2.50. The lowest BCUT2D eigenvalue weighted by molar-refractivity contribution is 0.120. The van der Waals surface area contributed by atoms with E-state index in [1.165, 1.54) is 109 Å². The predicted molar refractivity (Wildman–Crippen MR) is 160 cm³/mol. The van der Waals surface area contributed by atoms with Gasteiger partial charge in [-0.05, 0) is 121 Å². The van der Waals surface area contributed by atoms with Gasteiger partial charge < -0.3 is 0 Å². The van der Waals surface area contributed by atoms with Crippen LogP contribution in [0.5, 0.6) is 0 Å². The minimum absolute atomic E-state index is 0.177. The Hall–Kier alpha value is -0.160. The van der Waals surface area contributed by atoms with Crippen LogP contribution in [-0.4, -0.2) is 33.5 Å². The largest absolute Gasteiger partial charge is 0.292 e. The molecular formula is C33H64N4. The van der Waals surface area contributed by atoms with Crippen LogP contribution in [0, 0.1) is 11.8 Å². The molecule has 2 aliphatic heterocycles. The molecule has 0 atom stereocenters. The molecule has 4 aliphatic rings. The highest BCUT2D eigenvalue weighted by molar-refractivity contribution is 5.21. The monoisotopic (exact) mass is 517 g/mol. The Morgan fingerprint density at radius 3 is 0.811 bits per heavy atom. The zero-order valence-corrected chi connectivity index (χ0v) is 26.2. The van der Waals surface area contributed by atoms with Crippen molar-refractivity contribution in [1.82, 2.24) is 21.3 Å². The summed E-state index contributed by atoms with van der Waals surface area (Å²) in [4.78, 5) is 0. The van der Waals surface area contributed by atoms with E-state index in [1.54, 1.807) is 0 Å². The molecule has 0 unspecified atom stereocenters. The molecule has 2 spiro atoms. The summed E-state index contributed by atoms with van der Waals surface area (Å²) in [5.41, 5.74) is 1.36. The lowest BCUT2D eigenvalue weighted by atomic mass is 9.71. The quantitative estimate of drug-likeness (QED) is 0.239. The first kappa shape index (κ1) is 29.8. The molecule has 0 amide bonds. The van der Waals surface area contributed by atoms with Crippen molar-refractivity contribution in [2.24, 2.45) is 11.8 Å². The van der Waals surface area contributed by atoms with E-state index in [-0.39, 0.29) is 33.5 Å². The number of hydrogen-bond donors (Lipinski definition) is 4. The molecule has 4 nitrogen and oxygen atoms in total. The van der Waals surface area contributed by atoms with E-state index in [0.29, 0.717) is 0 Å². The third kappa shape index (κ3) is 4.66. The van der Waals surface area contributed by atoms with Gasteiger partial charge in [-0.2, -0.15) is 0 Å². The minimum atomic E-state index is 0.177. The molecule has 37 heavy (non-hydrogen) atoms. The SMILES string of the molecule is CCC1(CC)NC2(CCC(CC3CCC4(CC3)NC(CC)(CC)C(CC)(CC)N4)CC2)NC1(CC)CC. The van der Waals surface area contributed by atoms with Crippen LogP contribution in [-0.2, 0) is 0 Å². The summed E-state index contributed by atoms with van der Waals surface area (Å²) in [6.07, 6.45) is 22.1. The van der Waals surface area contributed by atoms with E-state index in [4.69, 9.17) is 0 Å². The standard InChI is InChI=1S/C33H64N4/c1-9-28(10-2)29(11-3,12-4)35-32(34-28)21-17-26(18-22-32)25-27-19-23-33(24-20-27)36-30(13-5,14-6)31(15-7,16-8)37-33/h26-27,34-37H,9-25H2,1-8H3. The van der Waals surface area contributed by atoms with Crippen LogP contribution >= 0.6 is 0 Å². The molecule has 4 rings (SSSR count). The highest BCUT2D eigenvalue weighted by Gasteiger charge is 2.61. The van der Waals surface area contributed by atoms with Gasteiger partial charge in [-0.15, -0.1) is 0 Å². The summed E-state index contributed by atoms with van der Waals surface area (Å²) in [6, 6.07) is 0. The van der Waals surface area contributed by atoms with Gasteiger partial charge >= 0.3 is 0 Å². The van der Waals surface area contributed by atoms with Crippen molar-refractivity contribution in [2.75, 3.05) is 0 Å². The van der Waals surface area contributed by atoms with Gasteiger partial charge in [-0.1, -0.05) is 55.4 Å².